The van der Waals surface area contributed by atoms with E-state index < -0.39 is 0 Å². The van der Waals surface area contributed by atoms with Crippen molar-refractivity contribution in [1.82, 2.24) is 9.88 Å². The predicted molar refractivity (Wildman–Crippen MR) is 118 cm³/mol. The number of carbonyl (C=O) groups excluding carboxylic acids is 2. The minimum Gasteiger partial charge on any atom is -0.342 e. The highest BCUT2D eigenvalue weighted by atomic mass is 32.2. The van der Waals surface area contributed by atoms with E-state index in [0.717, 1.165) is 47.1 Å². The third kappa shape index (κ3) is 4.86. The van der Waals surface area contributed by atoms with E-state index in [1.165, 1.54) is 11.8 Å². The van der Waals surface area contributed by atoms with Crippen molar-refractivity contribution in [2.24, 2.45) is 0 Å². The van der Waals surface area contributed by atoms with Gasteiger partial charge >= 0.3 is 0 Å². The van der Waals surface area contributed by atoms with Crippen LogP contribution in [-0.4, -0.2) is 40.5 Å². The molecule has 4 rings (SSSR count). The maximum atomic E-state index is 12.8. The minimum atomic E-state index is -0.177. The summed E-state index contributed by atoms with van der Waals surface area (Å²) in [5.74, 6) is 0.316. The van der Waals surface area contributed by atoms with Crippen LogP contribution in [0.5, 0.6) is 0 Å². The second-order valence-corrected chi connectivity index (χ2v) is 8.65. The number of nitrogens with one attached hydrogen (secondary N) is 1. The Kier molecular flexibility index (Phi) is 6.27. The maximum absolute atomic E-state index is 12.8. The summed E-state index contributed by atoms with van der Waals surface area (Å²) in [7, 11) is 0. The van der Waals surface area contributed by atoms with Crippen molar-refractivity contribution in [2.45, 2.75) is 17.7 Å². The summed E-state index contributed by atoms with van der Waals surface area (Å²) in [6, 6.07) is 15.1. The first kappa shape index (κ1) is 19.7. The van der Waals surface area contributed by atoms with Gasteiger partial charge in [0.25, 0.3) is 5.91 Å². The minimum absolute atomic E-state index is 0.139. The molecule has 2 amide bonds. The molecule has 1 aromatic heterocycles. The van der Waals surface area contributed by atoms with Crippen LogP contribution in [0.2, 0.25) is 0 Å². The van der Waals surface area contributed by atoms with Gasteiger partial charge in [-0.05, 0) is 49.2 Å². The van der Waals surface area contributed by atoms with Crippen molar-refractivity contribution in [2.75, 3.05) is 24.2 Å². The molecule has 1 saturated heterocycles. The predicted octanol–water partition coefficient (Wildman–Crippen LogP) is 4.78. The fourth-order valence-corrected chi connectivity index (χ4v) is 4.84. The van der Waals surface area contributed by atoms with Crippen LogP contribution in [0, 0.1) is 0 Å². The van der Waals surface area contributed by atoms with Crippen molar-refractivity contribution in [3.63, 3.8) is 0 Å². The molecule has 0 spiro atoms. The van der Waals surface area contributed by atoms with Crippen LogP contribution in [0.4, 0.5) is 5.69 Å². The van der Waals surface area contributed by atoms with E-state index in [-0.39, 0.29) is 11.8 Å². The number of hydrogen-bond acceptors (Lipinski definition) is 5. The zero-order valence-electron chi connectivity index (χ0n) is 15.8. The lowest BCUT2D eigenvalue weighted by Crippen LogP contribution is -2.29. The van der Waals surface area contributed by atoms with Crippen LogP contribution in [0.25, 0.3) is 10.6 Å². The lowest BCUT2D eigenvalue weighted by atomic mass is 10.2. The number of amides is 2. The summed E-state index contributed by atoms with van der Waals surface area (Å²) >= 11 is 3.00. The number of nitrogens with zero attached hydrogens (tertiary/aromatic N) is 2. The van der Waals surface area contributed by atoms with Gasteiger partial charge in [-0.15, -0.1) is 23.1 Å². The first-order valence-corrected chi connectivity index (χ1v) is 11.4. The average Bonchev–Trinajstić information content (AvgIpc) is 3.47. The number of hydrogen-bond donors (Lipinski definition) is 1. The van der Waals surface area contributed by atoms with E-state index in [1.807, 2.05) is 52.7 Å². The zero-order valence-corrected chi connectivity index (χ0v) is 17.5. The fraction of sp³-hybridized carbons (Fsp3) is 0.227. The number of carbonyl (C=O) groups is 2. The van der Waals surface area contributed by atoms with Gasteiger partial charge in [0, 0.05) is 40.8 Å². The third-order valence-corrected chi connectivity index (χ3v) is 6.64. The molecule has 3 aromatic rings. The van der Waals surface area contributed by atoms with Gasteiger partial charge in [0.2, 0.25) is 5.91 Å². The largest absolute Gasteiger partial charge is 0.342 e. The van der Waals surface area contributed by atoms with E-state index in [9.17, 15) is 9.59 Å². The first-order valence-electron chi connectivity index (χ1n) is 9.51. The van der Waals surface area contributed by atoms with Crippen molar-refractivity contribution in [3.8, 4) is 10.6 Å². The molecule has 0 aliphatic carbocycles. The summed E-state index contributed by atoms with van der Waals surface area (Å²) in [5, 5.41) is 5.84. The van der Waals surface area contributed by atoms with Crippen molar-refractivity contribution < 1.29 is 9.59 Å². The van der Waals surface area contributed by atoms with Crippen LogP contribution < -0.4 is 5.32 Å². The van der Waals surface area contributed by atoms with Crippen LogP contribution in [0.3, 0.4) is 0 Å². The Bertz CT molecular complexity index is 982. The van der Waals surface area contributed by atoms with E-state index in [2.05, 4.69) is 10.3 Å². The van der Waals surface area contributed by atoms with Gasteiger partial charge in [-0.3, -0.25) is 9.59 Å². The number of rotatable bonds is 6. The second-order valence-electron chi connectivity index (χ2n) is 6.74. The Labute approximate surface area is 178 Å². The van der Waals surface area contributed by atoms with Gasteiger partial charge in [-0.1, -0.05) is 12.1 Å². The molecule has 0 unspecified atom stereocenters. The number of aromatic nitrogens is 1. The molecule has 29 heavy (non-hydrogen) atoms. The Balaban J connectivity index is 1.41. The highest BCUT2D eigenvalue weighted by Crippen LogP contribution is 2.26. The standard InChI is InChI=1S/C22H21N3O2S2/c26-20(25-12-3-4-13-25)15-29-19-6-2-1-5-18(19)21(27)24-17-9-7-16(8-10-17)22-23-11-14-28-22/h1-2,5-11,14H,3-4,12-13,15H2,(H,24,27). The van der Waals surface area contributed by atoms with E-state index in [1.54, 1.807) is 23.6 Å². The quantitative estimate of drug-likeness (QED) is 0.580. The topological polar surface area (TPSA) is 62.3 Å². The van der Waals surface area contributed by atoms with Gasteiger partial charge in [0.05, 0.1) is 11.3 Å². The summed E-state index contributed by atoms with van der Waals surface area (Å²) in [5.41, 5.74) is 2.33. The molecule has 0 saturated carbocycles. The molecule has 5 nitrogen and oxygen atoms in total. The molecule has 1 N–H and O–H groups in total. The highest BCUT2D eigenvalue weighted by molar-refractivity contribution is 8.00. The molecule has 0 radical (unpaired) electrons. The second kappa shape index (κ2) is 9.24. The van der Waals surface area contributed by atoms with Gasteiger partial charge in [-0.25, -0.2) is 4.98 Å². The summed E-state index contributed by atoms with van der Waals surface area (Å²) in [6.45, 7) is 1.69. The average molecular weight is 424 g/mol. The first-order chi connectivity index (χ1) is 14.2. The van der Waals surface area contributed by atoms with E-state index in [4.69, 9.17) is 0 Å². The number of thioether (sulfide) groups is 1. The van der Waals surface area contributed by atoms with Crippen LogP contribution >= 0.6 is 23.1 Å². The Morgan fingerprint density at radius 1 is 1.07 bits per heavy atom. The van der Waals surface area contributed by atoms with E-state index >= 15 is 0 Å². The van der Waals surface area contributed by atoms with Crippen molar-refractivity contribution in [3.05, 3.63) is 65.7 Å². The fourth-order valence-electron chi connectivity index (χ4n) is 3.24. The number of thiazole rings is 1. The Morgan fingerprint density at radius 3 is 2.55 bits per heavy atom. The summed E-state index contributed by atoms with van der Waals surface area (Å²) in [6.07, 6.45) is 3.94. The molecule has 2 aromatic carbocycles. The molecule has 2 heterocycles. The maximum Gasteiger partial charge on any atom is 0.256 e. The number of anilines is 1. The van der Waals surface area contributed by atoms with Crippen molar-refractivity contribution >= 4 is 40.6 Å². The van der Waals surface area contributed by atoms with Crippen molar-refractivity contribution in [1.29, 1.82) is 0 Å². The molecule has 1 aliphatic rings. The molecule has 0 bridgehead atoms. The third-order valence-electron chi connectivity index (χ3n) is 4.76. The smallest absolute Gasteiger partial charge is 0.256 e. The van der Waals surface area contributed by atoms with Crippen LogP contribution in [0.1, 0.15) is 23.2 Å². The molecule has 7 heteroatoms. The summed E-state index contributed by atoms with van der Waals surface area (Å²) in [4.78, 5) is 32.2. The number of benzene rings is 2. The lowest BCUT2D eigenvalue weighted by Gasteiger charge is -2.15. The molecule has 0 atom stereocenters. The SMILES string of the molecule is O=C(Nc1ccc(-c2nccs2)cc1)c1ccccc1SCC(=O)N1CCCC1. The van der Waals surface area contributed by atoms with Crippen LogP contribution in [0.15, 0.2) is 65.0 Å². The lowest BCUT2D eigenvalue weighted by molar-refractivity contribution is -0.127. The van der Waals surface area contributed by atoms with Gasteiger partial charge < -0.3 is 10.2 Å². The van der Waals surface area contributed by atoms with Crippen LogP contribution in [-0.2, 0) is 4.79 Å². The Hall–Kier alpha value is -2.64. The number of likely N-dealkylation sites (tertiary alicyclic amines) is 1. The van der Waals surface area contributed by atoms with Gasteiger partial charge in [0.1, 0.15) is 5.01 Å². The highest BCUT2D eigenvalue weighted by Gasteiger charge is 2.19. The zero-order chi connectivity index (χ0) is 20.1. The summed E-state index contributed by atoms with van der Waals surface area (Å²) < 4.78 is 0. The monoisotopic (exact) mass is 423 g/mol. The molecular weight excluding hydrogens is 402 g/mol. The molecule has 1 fully saturated rings. The van der Waals surface area contributed by atoms with Gasteiger partial charge in [-0.2, -0.15) is 0 Å². The molecular formula is C22H21N3O2S2. The van der Waals surface area contributed by atoms with E-state index in [0.29, 0.717) is 11.3 Å². The normalized spacial score (nSPS) is 13.4. The molecule has 1 aliphatic heterocycles. The molecule has 148 valence electrons. The van der Waals surface area contributed by atoms with Gasteiger partial charge in [0.15, 0.2) is 0 Å². The Morgan fingerprint density at radius 2 is 1.83 bits per heavy atom.